The minimum absolute atomic E-state index is 0.00226. The van der Waals surface area contributed by atoms with Crippen molar-refractivity contribution in [3.63, 3.8) is 0 Å². The van der Waals surface area contributed by atoms with Gasteiger partial charge in [0.05, 0.1) is 30.6 Å². The molecule has 1 saturated carbocycles. The number of piperazine rings is 1. The number of pyridine rings is 3. The van der Waals surface area contributed by atoms with Gasteiger partial charge >= 0.3 is 0 Å². The average molecular weight is 627 g/mol. The van der Waals surface area contributed by atoms with Crippen LogP contribution in [0.25, 0.3) is 16.6 Å². The van der Waals surface area contributed by atoms with Crippen LogP contribution in [-0.4, -0.2) is 93.8 Å². The molecule has 0 N–H and O–H groups in total. The number of halogens is 2. The summed E-state index contributed by atoms with van der Waals surface area (Å²) in [5, 5.41) is 14.2. The Hall–Kier alpha value is -4.34. The van der Waals surface area contributed by atoms with Crippen molar-refractivity contribution in [3.05, 3.63) is 66.2 Å². The van der Waals surface area contributed by atoms with Crippen LogP contribution in [0.3, 0.4) is 0 Å². The van der Waals surface area contributed by atoms with Crippen molar-refractivity contribution in [2.75, 3.05) is 51.3 Å². The van der Waals surface area contributed by atoms with Crippen LogP contribution in [0.4, 0.5) is 14.6 Å². The summed E-state index contributed by atoms with van der Waals surface area (Å²) < 4.78 is 40.5. The molecule has 2 bridgehead atoms. The van der Waals surface area contributed by atoms with Gasteiger partial charge in [-0.25, -0.2) is 23.3 Å². The lowest BCUT2D eigenvalue weighted by molar-refractivity contribution is -0.00877. The lowest BCUT2D eigenvalue weighted by atomic mass is 9.87. The van der Waals surface area contributed by atoms with Crippen LogP contribution in [0.15, 0.2) is 55.1 Å². The lowest BCUT2D eigenvalue weighted by Gasteiger charge is -2.56. The maximum Gasteiger partial charge on any atom is 0.248 e. The monoisotopic (exact) mass is 626 g/mol. The number of methoxy groups -OCH3 is 1. The van der Waals surface area contributed by atoms with Crippen molar-refractivity contribution in [3.8, 4) is 28.8 Å². The van der Waals surface area contributed by atoms with Crippen molar-refractivity contribution in [1.29, 1.82) is 5.26 Å². The van der Waals surface area contributed by atoms with E-state index in [9.17, 15) is 14.0 Å². The van der Waals surface area contributed by atoms with Crippen molar-refractivity contribution < 1.29 is 18.3 Å². The Bertz CT molecular complexity index is 1740. The van der Waals surface area contributed by atoms with Gasteiger partial charge in [0.25, 0.3) is 0 Å². The average Bonchev–Trinajstić information content (AvgIpc) is 3.73. The maximum absolute atomic E-state index is 13.7. The third-order valence-corrected chi connectivity index (χ3v) is 10.3. The Kier molecular flexibility index (Phi) is 7.26. The van der Waals surface area contributed by atoms with E-state index >= 15 is 0 Å². The summed E-state index contributed by atoms with van der Waals surface area (Å²) in [6.45, 7) is 5.24. The molecule has 12 heteroatoms. The number of aromatic nitrogens is 4. The molecule has 0 amide bonds. The van der Waals surface area contributed by atoms with Gasteiger partial charge in [0.15, 0.2) is 0 Å². The molecule has 8 heterocycles. The number of nitrogens with zero attached hydrogens (tertiary/aromatic N) is 8. The lowest BCUT2D eigenvalue weighted by Crippen LogP contribution is -2.68. The zero-order valence-corrected chi connectivity index (χ0v) is 25.7. The van der Waals surface area contributed by atoms with Gasteiger partial charge in [-0.15, -0.1) is 0 Å². The first-order chi connectivity index (χ1) is 22.4. The normalized spacial score (nSPS) is 25.3. The fourth-order valence-corrected chi connectivity index (χ4v) is 8.00. The Balaban J connectivity index is 0.935. The second-order valence-corrected chi connectivity index (χ2v) is 13.2. The molecule has 5 fully saturated rings. The van der Waals surface area contributed by atoms with Gasteiger partial charge in [0.2, 0.25) is 11.8 Å². The summed E-state index contributed by atoms with van der Waals surface area (Å²) in [4.78, 5) is 16.3. The maximum atomic E-state index is 13.7. The summed E-state index contributed by atoms with van der Waals surface area (Å²) in [6.07, 6.45) is 8.30. The highest BCUT2D eigenvalue weighted by Crippen LogP contribution is 2.46. The molecular formula is C34H36F2N8O2. The fraction of sp³-hybridized carbons (Fsp3) is 0.471. The van der Waals surface area contributed by atoms with Gasteiger partial charge in [0, 0.05) is 93.8 Å². The first-order valence-corrected chi connectivity index (χ1v) is 16.0. The summed E-state index contributed by atoms with van der Waals surface area (Å²) in [6, 6.07) is 13.2. The summed E-state index contributed by atoms with van der Waals surface area (Å²) in [5.74, 6) is -0.150. The first kappa shape index (κ1) is 29.1. The highest BCUT2D eigenvalue weighted by Gasteiger charge is 2.50. The van der Waals surface area contributed by atoms with Crippen LogP contribution in [0.5, 0.6) is 11.6 Å². The Morgan fingerprint density at radius 2 is 1.80 bits per heavy atom. The van der Waals surface area contributed by atoms with Gasteiger partial charge in [-0.3, -0.25) is 9.80 Å². The number of ether oxygens (including phenoxy) is 2. The number of alkyl halides is 2. The smallest absolute Gasteiger partial charge is 0.248 e. The molecule has 4 aromatic rings. The predicted molar refractivity (Wildman–Crippen MR) is 167 cm³/mol. The molecular weight excluding hydrogens is 590 g/mol. The second-order valence-electron chi connectivity index (χ2n) is 13.2. The Labute approximate surface area is 266 Å². The van der Waals surface area contributed by atoms with E-state index in [2.05, 4.69) is 49.1 Å². The van der Waals surface area contributed by atoms with Crippen molar-refractivity contribution in [2.45, 2.75) is 43.8 Å². The SMILES string of the molecule is COc1ccc(CN2C3CC2CN(c2ccc(-c4cc(OCCN5CC6CC(F)(F)CC6C5)cn5ncc(C#N)c45)cn2)C3)cn1. The van der Waals surface area contributed by atoms with E-state index in [4.69, 9.17) is 14.5 Å². The van der Waals surface area contributed by atoms with E-state index in [0.29, 0.717) is 61.0 Å². The van der Waals surface area contributed by atoms with E-state index < -0.39 is 5.92 Å². The third-order valence-electron chi connectivity index (χ3n) is 10.3. The standard InChI is InChI=1S/C34H36F2N8O2/c1-45-32-5-2-22(13-39-32)16-43-27-8-28(43)20-42(19-27)31-4-3-23(14-38-31)30-9-29(21-44-33(30)26(12-37)15-40-44)46-7-6-41-17-24-10-34(35,36)11-25(24)18-41/h2-5,9,13-15,21,24-25,27-28H,6-8,10-11,16-20H2,1H3. The van der Waals surface area contributed by atoms with Gasteiger partial charge < -0.3 is 14.4 Å². The Morgan fingerprint density at radius 3 is 2.48 bits per heavy atom. The quantitative estimate of drug-likeness (QED) is 0.266. The zero-order chi connectivity index (χ0) is 31.4. The number of fused-ring (bicyclic) bond motifs is 4. The number of anilines is 1. The van der Waals surface area contributed by atoms with E-state index in [1.54, 1.807) is 24.0 Å². The van der Waals surface area contributed by atoms with E-state index in [1.165, 1.54) is 12.0 Å². The number of nitriles is 1. The molecule has 5 aliphatic rings. The van der Waals surface area contributed by atoms with Crippen molar-refractivity contribution in [1.82, 2.24) is 29.4 Å². The molecule has 10 nitrogen and oxygen atoms in total. The molecule has 1 aliphatic carbocycles. The van der Waals surface area contributed by atoms with Crippen molar-refractivity contribution >= 4 is 11.3 Å². The summed E-state index contributed by atoms with van der Waals surface area (Å²) in [5.41, 5.74) is 4.07. The van der Waals surface area contributed by atoms with Crippen LogP contribution in [-0.2, 0) is 6.54 Å². The van der Waals surface area contributed by atoms with Crippen LogP contribution < -0.4 is 14.4 Å². The molecule has 0 aromatic carbocycles. The number of likely N-dealkylation sites (tertiary alicyclic amines) is 1. The van der Waals surface area contributed by atoms with Crippen LogP contribution in [0.1, 0.15) is 30.4 Å². The van der Waals surface area contributed by atoms with Crippen LogP contribution in [0.2, 0.25) is 0 Å². The first-order valence-electron chi connectivity index (χ1n) is 16.0. The molecule has 4 saturated heterocycles. The molecule has 4 atom stereocenters. The Morgan fingerprint density at radius 1 is 1.00 bits per heavy atom. The van der Waals surface area contributed by atoms with Gasteiger partial charge in [-0.2, -0.15) is 10.4 Å². The molecule has 4 aliphatic heterocycles. The minimum atomic E-state index is -2.51. The zero-order valence-electron chi connectivity index (χ0n) is 25.7. The number of hydrogen-bond donors (Lipinski definition) is 0. The molecule has 46 heavy (non-hydrogen) atoms. The van der Waals surface area contributed by atoms with Gasteiger partial charge in [0.1, 0.15) is 24.2 Å². The molecule has 9 rings (SSSR count). The topological polar surface area (TPSA) is 95.1 Å². The molecule has 4 aromatic heterocycles. The summed E-state index contributed by atoms with van der Waals surface area (Å²) >= 11 is 0. The molecule has 238 valence electrons. The van der Waals surface area contributed by atoms with E-state index in [0.717, 1.165) is 36.6 Å². The highest BCUT2D eigenvalue weighted by atomic mass is 19.3. The highest BCUT2D eigenvalue weighted by molar-refractivity contribution is 5.85. The van der Waals surface area contributed by atoms with E-state index in [-0.39, 0.29) is 24.7 Å². The predicted octanol–water partition coefficient (Wildman–Crippen LogP) is 4.49. The number of rotatable bonds is 9. The molecule has 4 unspecified atom stereocenters. The molecule has 0 spiro atoms. The van der Waals surface area contributed by atoms with Crippen molar-refractivity contribution in [2.24, 2.45) is 11.8 Å². The minimum Gasteiger partial charge on any atom is -0.491 e. The number of hydrogen-bond acceptors (Lipinski definition) is 9. The van der Waals surface area contributed by atoms with E-state index in [1.807, 2.05) is 24.5 Å². The molecule has 0 radical (unpaired) electrons. The third kappa shape index (κ3) is 5.41. The second kappa shape index (κ2) is 11.5. The van der Waals surface area contributed by atoms with Crippen LogP contribution >= 0.6 is 0 Å². The fourth-order valence-electron chi connectivity index (χ4n) is 8.00. The van der Waals surface area contributed by atoms with Gasteiger partial charge in [-0.1, -0.05) is 6.07 Å². The van der Waals surface area contributed by atoms with Gasteiger partial charge in [-0.05, 0) is 42.0 Å². The van der Waals surface area contributed by atoms with Crippen LogP contribution in [0, 0.1) is 23.2 Å². The largest absolute Gasteiger partial charge is 0.491 e. The number of piperidine rings is 1. The summed E-state index contributed by atoms with van der Waals surface area (Å²) in [7, 11) is 1.63.